The maximum Gasteiger partial charge on any atom is 0.220 e. The quantitative estimate of drug-likeness (QED) is 0.735. The Kier molecular flexibility index (Phi) is 3.22. The van der Waals surface area contributed by atoms with E-state index in [1.807, 2.05) is 0 Å². The molecule has 2 rings (SSSR count). The van der Waals surface area contributed by atoms with Crippen LogP contribution < -0.4 is 0 Å². The fraction of sp³-hybridized carbons (Fsp3) is 0.385. The molecular formula is C13H14FNO2. The van der Waals surface area contributed by atoms with Crippen LogP contribution in [0.15, 0.2) is 24.3 Å². The van der Waals surface area contributed by atoms with Crippen LogP contribution in [0.25, 0.3) is 0 Å². The van der Waals surface area contributed by atoms with E-state index in [0.29, 0.717) is 18.5 Å². The van der Waals surface area contributed by atoms with Gasteiger partial charge in [0.15, 0.2) is 5.78 Å². The van der Waals surface area contributed by atoms with Gasteiger partial charge in [0.1, 0.15) is 5.82 Å². The largest absolute Gasteiger partial charge is 0.333 e. The molecule has 0 radical (unpaired) electrons. The van der Waals surface area contributed by atoms with Crippen molar-refractivity contribution >= 4 is 11.7 Å². The van der Waals surface area contributed by atoms with Gasteiger partial charge in [-0.1, -0.05) is 0 Å². The number of nitrogens with zero attached hydrogens (tertiary/aromatic N) is 1. The number of halogens is 1. The fourth-order valence-electron chi connectivity index (χ4n) is 2.22. The topological polar surface area (TPSA) is 37.4 Å². The summed E-state index contributed by atoms with van der Waals surface area (Å²) in [5.41, 5.74) is 0.463. The Morgan fingerprint density at radius 1 is 1.29 bits per heavy atom. The number of benzene rings is 1. The van der Waals surface area contributed by atoms with Gasteiger partial charge < -0.3 is 4.90 Å². The minimum atomic E-state index is -0.377. The third kappa shape index (κ3) is 2.35. The molecule has 0 aliphatic carbocycles. The molecule has 1 unspecified atom stereocenters. The zero-order valence-corrected chi connectivity index (χ0v) is 9.65. The Bertz CT molecular complexity index is 441. The van der Waals surface area contributed by atoms with Crippen LogP contribution in [0.4, 0.5) is 4.39 Å². The Balaban J connectivity index is 2.19. The van der Waals surface area contributed by atoms with Gasteiger partial charge in [-0.15, -0.1) is 0 Å². The van der Waals surface area contributed by atoms with Crippen LogP contribution in [-0.4, -0.2) is 29.2 Å². The van der Waals surface area contributed by atoms with Crippen molar-refractivity contribution in [3.63, 3.8) is 0 Å². The second-order valence-corrected chi connectivity index (χ2v) is 4.24. The average Bonchev–Trinajstić information content (AvgIpc) is 2.78. The van der Waals surface area contributed by atoms with Crippen molar-refractivity contribution in [1.29, 1.82) is 0 Å². The van der Waals surface area contributed by atoms with Crippen molar-refractivity contribution < 1.29 is 14.0 Å². The van der Waals surface area contributed by atoms with Gasteiger partial charge in [0.2, 0.25) is 5.91 Å². The van der Waals surface area contributed by atoms with E-state index in [0.717, 1.165) is 6.42 Å². The summed E-state index contributed by atoms with van der Waals surface area (Å²) in [6, 6.07) is 5.08. The molecule has 0 N–H and O–H groups in total. The molecule has 4 heteroatoms. The summed E-state index contributed by atoms with van der Waals surface area (Å²) >= 11 is 0. The van der Waals surface area contributed by atoms with E-state index in [1.54, 1.807) is 4.90 Å². The first kappa shape index (κ1) is 11.8. The van der Waals surface area contributed by atoms with Gasteiger partial charge in [-0.2, -0.15) is 0 Å². The highest BCUT2D eigenvalue weighted by Crippen LogP contribution is 2.21. The first-order chi connectivity index (χ1) is 8.09. The normalized spacial score (nSPS) is 19.4. The zero-order valence-electron chi connectivity index (χ0n) is 9.65. The molecule has 90 valence electrons. The van der Waals surface area contributed by atoms with Gasteiger partial charge in [0.05, 0.1) is 6.04 Å². The summed E-state index contributed by atoms with van der Waals surface area (Å²) in [6.45, 7) is 2.10. The molecular weight excluding hydrogens is 221 g/mol. The monoisotopic (exact) mass is 235 g/mol. The summed E-state index contributed by atoms with van der Waals surface area (Å²) in [5.74, 6) is -0.544. The first-order valence-electron chi connectivity index (χ1n) is 5.66. The number of hydrogen-bond donors (Lipinski definition) is 0. The molecule has 0 bridgehead atoms. The summed E-state index contributed by atoms with van der Waals surface area (Å²) in [6.07, 6.45) is 1.53. The SMILES string of the molecule is CC(=O)N1CCCC1C(=O)c1ccc(F)cc1. The van der Waals surface area contributed by atoms with E-state index in [9.17, 15) is 14.0 Å². The van der Waals surface area contributed by atoms with E-state index in [-0.39, 0.29) is 23.5 Å². The lowest BCUT2D eigenvalue weighted by Crippen LogP contribution is -2.39. The second kappa shape index (κ2) is 4.65. The predicted octanol–water partition coefficient (Wildman–Crippen LogP) is 2.02. The third-order valence-corrected chi connectivity index (χ3v) is 3.09. The Hall–Kier alpha value is -1.71. The molecule has 1 aromatic carbocycles. The van der Waals surface area contributed by atoms with Crippen LogP contribution >= 0.6 is 0 Å². The molecule has 0 saturated carbocycles. The molecule has 1 heterocycles. The van der Waals surface area contributed by atoms with Gasteiger partial charge in [-0.3, -0.25) is 9.59 Å². The number of hydrogen-bond acceptors (Lipinski definition) is 2. The molecule has 3 nitrogen and oxygen atoms in total. The summed E-state index contributed by atoms with van der Waals surface area (Å²) < 4.78 is 12.8. The van der Waals surface area contributed by atoms with Gasteiger partial charge in [0.25, 0.3) is 0 Å². The van der Waals surface area contributed by atoms with Crippen LogP contribution in [0.5, 0.6) is 0 Å². The lowest BCUT2D eigenvalue weighted by molar-refractivity contribution is -0.128. The molecule has 1 amide bonds. The molecule has 0 spiro atoms. The first-order valence-corrected chi connectivity index (χ1v) is 5.66. The van der Waals surface area contributed by atoms with Crippen LogP contribution in [0.1, 0.15) is 30.1 Å². The predicted molar refractivity (Wildman–Crippen MR) is 61.1 cm³/mol. The number of rotatable bonds is 2. The molecule has 1 aromatic rings. The van der Waals surface area contributed by atoms with Crippen LogP contribution in [0.2, 0.25) is 0 Å². The highest BCUT2D eigenvalue weighted by molar-refractivity contribution is 6.02. The Morgan fingerprint density at radius 3 is 2.53 bits per heavy atom. The zero-order chi connectivity index (χ0) is 12.4. The summed E-state index contributed by atoms with van der Waals surface area (Å²) in [7, 11) is 0. The van der Waals surface area contributed by atoms with E-state index >= 15 is 0 Å². The fourth-order valence-corrected chi connectivity index (χ4v) is 2.22. The van der Waals surface area contributed by atoms with Gasteiger partial charge in [0, 0.05) is 19.0 Å². The van der Waals surface area contributed by atoms with Gasteiger partial charge in [-0.05, 0) is 37.1 Å². The maximum absolute atomic E-state index is 12.8. The minimum Gasteiger partial charge on any atom is -0.333 e. The number of amides is 1. The molecule has 1 aliphatic rings. The average molecular weight is 235 g/mol. The summed E-state index contributed by atoms with van der Waals surface area (Å²) in [5, 5.41) is 0. The highest BCUT2D eigenvalue weighted by atomic mass is 19.1. The van der Waals surface area contributed by atoms with Crippen LogP contribution in [0, 0.1) is 5.82 Å². The smallest absolute Gasteiger partial charge is 0.220 e. The summed E-state index contributed by atoms with van der Waals surface area (Å²) in [4.78, 5) is 25.1. The van der Waals surface area contributed by atoms with Crippen molar-refractivity contribution in [3.8, 4) is 0 Å². The third-order valence-electron chi connectivity index (χ3n) is 3.09. The number of Topliss-reactive ketones (excluding diaryl/α,β-unsaturated/α-hetero) is 1. The van der Waals surface area contributed by atoms with Gasteiger partial charge >= 0.3 is 0 Å². The van der Waals surface area contributed by atoms with Gasteiger partial charge in [-0.25, -0.2) is 4.39 Å². The number of carbonyl (C=O) groups is 2. The molecule has 0 aromatic heterocycles. The minimum absolute atomic E-state index is 0.0806. The van der Waals surface area contributed by atoms with Crippen LogP contribution in [0.3, 0.4) is 0 Å². The highest BCUT2D eigenvalue weighted by Gasteiger charge is 2.32. The molecule has 1 atom stereocenters. The molecule has 1 aliphatic heterocycles. The lowest BCUT2D eigenvalue weighted by atomic mass is 10.0. The molecule has 1 saturated heterocycles. The number of carbonyl (C=O) groups excluding carboxylic acids is 2. The number of likely N-dealkylation sites (tertiary alicyclic amines) is 1. The van der Waals surface area contributed by atoms with Crippen LogP contribution in [-0.2, 0) is 4.79 Å². The van der Waals surface area contributed by atoms with Crippen molar-refractivity contribution in [3.05, 3.63) is 35.6 Å². The maximum atomic E-state index is 12.8. The van der Waals surface area contributed by atoms with E-state index in [4.69, 9.17) is 0 Å². The molecule has 17 heavy (non-hydrogen) atoms. The van der Waals surface area contributed by atoms with Crippen molar-refractivity contribution in [2.75, 3.05) is 6.54 Å². The standard InChI is InChI=1S/C13H14FNO2/c1-9(16)15-8-2-3-12(15)13(17)10-4-6-11(14)7-5-10/h4-7,12H,2-3,8H2,1H3. The van der Waals surface area contributed by atoms with Crippen molar-refractivity contribution in [2.45, 2.75) is 25.8 Å². The van der Waals surface area contributed by atoms with Crippen molar-refractivity contribution in [1.82, 2.24) is 4.90 Å². The number of ketones is 1. The van der Waals surface area contributed by atoms with E-state index < -0.39 is 0 Å². The van der Waals surface area contributed by atoms with E-state index in [2.05, 4.69) is 0 Å². The van der Waals surface area contributed by atoms with E-state index in [1.165, 1.54) is 31.2 Å². The Morgan fingerprint density at radius 2 is 1.94 bits per heavy atom. The second-order valence-electron chi connectivity index (χ2n) is 4.24. The Labute approximate surface area is 99.2 Å². The molecule has 1 fully saturated rings. The van der Waals surface area contributed by atoms with Crippen molar-refractivity contribution in [2.24, 2.45) is 0 Å². The lowest BCUT2D eigenvalue weighted by Gasteiger charge is -2.22.